The normalized spacial score (nSPS) is 29.0. The van der Waals surface area contributed by atoms with Crippen molar-refractivity contribution in [2.24, 2.45) is 5.92 Å². The SMILES string of the molecule is CC1(C(=O)O)CCCN1C(=O)C1CC1c1cccc2ccccc12. The summed E-state index contributed by atoms with van der Waals surface area (Å²) >= 11 is 0. The van der Waals surface area contributed by atoms with Gasteiger partial charge in [-0.15, -0.1) is 0 Å². The minimum Gasteiger partial charge on any atom is -0.480 e. The molecule has 3 atom stereocenters. The molecule has 2 fully saturated rings. The van der Waals surface area contributed by atoms with Crippen LogP contribution in [-0.4, -0.2) is 34.0 Å². The summed E-state index contributed by atoms with van der Waals surface area (Å²) in [7, 11) is 0. The van der Waals surface area contributed by atoms with Crippen molar-refractivity contribution in [2.45, 2.75) is 37.6 Å². The summed E-state index contributed by atoms with van der Waals surface area (Å²) in [4.78, 5) is 26.1. The highest BCUT2D eigenvalue weighted by Crippen LogP contribution is 2.51. The number of hydrogen-bond acceptors (Lipinski definition) is 2. The molecule has 1 heterocycles. The van der Waals surface area contributed by atoms with Crippen LogP contribution in [0.15, 0.2) is 42.5 Å². The van der Waals surface area contributed by atoms with Crippen LogP contribution in [0.3, 0.4) is 0 Å². The number of benzene rings is 2. The molecule has 24 heavy (non-hydrogen) atoms. The molecule has 2 aromatic rings. The molecule has 1 N–H and O–H groups in total. The van der Waals surface area contributed by atoms with Gasteiger partial charge in [0, 0.05) is 12.5 Å². The van der Waals surface area contributed by atoms with E-state index in [1.54, 1.807) is 11.8 Å². The molecule has 4 heteroatoms. The van der Waals surface area contributed by atoms with Gasteiger partial charge in [0.2, 0.25) is 5.91 Å². The molecular formula is C20H21NO3. The molecule has 1 saturated carbocycles. The number of carbonyl (C=O) groups excluding carboxylic acids is 1. The van der Waals surface area contributed by atoms with E-state index in [2.05, 4.69) is 24.3 Å². The Bertz CT molecular complexity index is 825. The Morgan fingerprint density at radius 1 is 1.17 bits per heavy atom. The average Bonchev–Trinajstić information content (AvgIpc) is 3.28. The second-order valence-electron chi connectivity index (χ2n) is 7.19. The quantitative estimate of drug-likeness (QED) is 0.942. The third-order valence-corrected chi connectivity index (χ3v) is 5.70. The van der Waals surface area contributed by atoms with E-state index in [9.17, 15) is 14.7 Å². The zero-order valence-corrected chi connectivity index (χ0v) is 13.7. The summed E-state index contributed by atoms with van der Waals surface area (Å²) in [6.07, 6.45) is 2.12. The van der Waals surface area contributed by atoms with E-state index in [-0.39, 0.29) is 17.7 Å². The number of carboxylic acid groups (broad SMARTS) is 1. The summed E-state index contributed by atoms with van der Waals surface area (Å²) < 4.78 is 0. The number of likely N-dealkylation sites (tertiary alicyclic amines) is 1. The molecule has 124 valence electrons. The fraction of sp³-hybridized carbons (Fsp3) is 0.400. The Kier molecular flexibility index (Phi) is 3.37. The van der Waals surface area contributed by atoms with E-state index < -0.39 is 11.5 Å². The zero-order chi connectivity index (χ0) is 16.9. The molecule has 3 unspecified atom stereocenters. The zero-order valence-electron chi connectivity index (χ0n) is 13.7. The minimum atomic E-state index is -1.04. The Morgan fingerprint density at radius 2 is 1.92 bits per heavy atom. The molecule has 0 aromatic heterocycles. The molecule has 0 spiro atoms. The summed E-state index contributed by atoms with van der Waals surface area (Å²) in [5.74, 6) is -0.749. The van der Waals surface area contributed by atoms with Crippen LogP contribution >= 0.6 is 0 Å². The summed E-state index contributed by atoms with van der Waals surface area (Å²) in [5, 5.41) is 11.9. The highest BCUT2D eigenvalue weighted by Gasteiger charge is 2.53. The molecule has 1 aliphatic carbocycles. The van der Waals surface area contributed by atoms with Gasteiger partial charge in [-0.3, -0.25) is 4.79 Å². The van der Waals surface area contributed by atoms with Gasteiger partial charge in [0.1, 0.15) is 5.54 Å². The maximum Gasteiger partial charge on any atom is 0.329 e. The number of hydrogen-bond donors (Lipinski definition) is 1. The van der Waals surface area contributed by atoms with Crippen LogP contribution in [0.25, 0.3) is 10.8 Å². The van der Waals surface area contributed by atoms with Crippen LogP contribution in [0.5, 0.6) is 0 Å². The molecule has 1 aliphatic heterocycles. The highest BCUT2D eigenvalue weighted by molar-refractivity contribution is 5.92. The lowest BCUT2D eigenvalue weighted by Crippen LogP contribution is -2.51. The number of amides is 1. The van der Waals surface area contributed by atoms with Gasteiger partial charge in [-0.2, -0.15) is 0 Å². The van der Waals surface area contributed by atoms with Crippen LogP contribution in [0.1, 0.15) is 37.7 Å². The van der Waals surface area contributed by atoms with Crippen LogP contribution in [-0.2, 0) is 9.59 Å². The van der Waals surface area contributed by atoms with Crippen LogP contribution in [0, 0.1) is 5.92 Å². The summed E-state index contributed by atoms with van der Waals surface area (Å²) in [6, 6.07) is 14.4. The first-order valence-electron chi connectivity index (χ1n) is 8.55. The van der Waals surface area contributed by atoms with Gasteiger partial charge in [-0.25, -0.2) is 4.79 Å². The lowest BCUT2D eigenvalue weighted by atomic mass is 9.97. The van der Waals surface area contributed by atoms with Crippen molar-refractivity contribution < 1.29 is 14.7 Å². The second kappa shape index (κ2) is 5.33. The lowest BCUT2D eigenvalue weighted by Gasteiger charge is -2.31. The topological polar surface area (TPSA) is 57.6 Å². The van der Waals surface area contributed by atoms with Gasteiger partial charge in [-0.1, -0.05) is 42.5 Å². The van der Waals surface area contributed by atoms with Crippen LogP contribution < -0.4 is 0 Å². The fourth-order valence-corrected chi connectivity index (χ4v) is 4.12. The summed E-state index contributed by atoms with van der Waals surface area (Å²) in [5.41, 5.74) is 0.172. The molecule has 1 amide bonds. The van der Waals surface area contributed by atoms with E-state index in [4.69, 9.17) is 0 Å². The van der Waals surface area contributed by atoms with Gasteiger partial charge in [0.15, 0.2) is 0 Å². The third kappa shape index (κ3) is 2.20. The summed E-state index contributed by atoms with van der Waals surface area (Å²) in [6.45, 7) is 2.23. The molecule has 0 bridgehead atoms. The molecular weight excluding hydrogens is 302 g/mol. The van der Waals surface area contributed by atoms with Crippen molar-refractivity contribution in [3.8, 4) is 0 Å². The lowest BCUT2D eigenvalue weighted by molar-refractivity contribution is -0.155. The largest absolute Gasteiger partial charge is 0.480 e. The monoisotopic (exact) mass is 323 g/mol. The average molecular weight is 323 g/mol. The van der Waals surface area contributed by atoms with E-state index in [0.717, 1.165) is 12.8 Å². The number of carbonyl (C=O) groups is 2. The molecule has 4 nitrogen and oxygen atoms in total. The minimum absolute atomic E-state index is 0.00957. The standard InChI is InChI=1S/C20H21NO3/c1-20(19(23)24)10-5-11-21(20)18(22)17-12-16(17)15-9-4-7-13-6-2-3-8-14(13)15/h2-4,6-9,16-17H,5,10-12H2,1H3,(H,23,24). The Labute approximate surface area is 141 Å². The number of aliphatic carboxylic acids is 1. The number of fused-ring (bicyclic) bond motifs is 1. The van der Waals surface area contributed by atoms with Gasteiger partial charge in [0.05, 0.1) is 0 Å². The predicted octanol–water partition coefficient (Wildman–Crippen LogP) is 3.41. The smallest absolute Gasteiger partial charge is 0.329 e. The third-order valence-electron chi connectivity index (χ3n) is 5.70. The van der Waals surface area contributed by atoms with Crippen molar-refractivity contribution in [1.29, 1.82) is 0 Å². The maximum atomic E-state index is 12.9. The van der Waals surface area contributed by atoms with Crippen molar-refractivity contribution in [3.05, 3.63) is 48.0 Å². The molecule has 4 rings (SSSR count). The van der Waals surface area contributed by atoms with Crippen LogP contribution in [0.2, 0.25) is 0 Å². The van der Waals surface area contributed by atoms with Crippen molar-refractivity contribution in [1.82, 2.24) is 4.90 Å². The Balaban J connectivity index is 1.60. The molecule has 2 aromatic carbocycles. The molecule has 2 aliphatic rings. The maximum absolute atomic E-state index is 12.9. The van der Waals surface area contributed by atoms with Gasteiger partial charge >= 0.3 is 5.97 Å². The predicted molar refractivity (Wildman–Crippen MR) is 91.8 cm³/mol. The first-order chi connectivity index (χ1) is 11.5. The molecule has 0 radical (unpaired) electrons. The molecule has 1 saturated heterocycles. The van der Waals surface area contributed by atoms with E-state index in [1.807, 2.05) is 18.2 Å². The van der Waals surface area contributed by atoms with E-state index >= 15 is 0 Å². The number of nitrogens with zero attached hydrogens (tertiary/aromatic N) is 1. The van der Waals surface area contributed by atoms with Crippen molar-refractivity contribution in [2.75, 3.05) is 6.54 Å². The van der Waals surface area contributed by atoms with Crippen molar-refractivity contribution in [3.63, 3.8) is 0 Å². The Morgan fingerprint density at radius 3 is 2.71 bits per heavy atom. The van der Waals surface area contributed by atoms with Gasteiger partial charge < -0.3 is 10.0 Å². The second-order valence-corrected chi connectivity index (χ2v) is 7.19. The number of carboxylic acids is 1. The number of rotatable bonds is 3. The van der Waals surface area contributed by atoms with Crippen LogP contribution in [0.4, 0.5) is 0 Å². The first kappa shape index (κ1) is 15.2. The van der Waals surface area contributed by atoms with Gasteiger partial charge in [0.25, 0.3) is 0 Å². The van der Waals surface area contributed by atoms with Crippen molar-refractivity contribution >= 4 is 22.6 Å². The van der Waals surface area contributed by atoms with E-state index in [0.29, 0.717) is 13.0 Å². The van der Waals surface area contributed by atoms with E-state index in [1.165, 1.54) is 16.3 Å². The first-order valence-corrected chi connectivity index (χ1v) is 8.55. The van der Waals surface area contributed by atoms with Gasteiger partial charge in [-0.05, 0) is 48.4 Å². The fourth-order valence-electron chi connectivity index (χ4n) is 4.12. The Hall–Kier alpha value is -2.36. The highest BCUT2D eigenvalue weighted by atomic mass is 16.4.